The molecule has 0 saturated carbocycles. The van der Waals surface area contributed by atoms with E-state index in [0.29, 0.717) is 23.6 Å². The average Bonchev–Trinajstić information content (AvgIpc) is 2.77. The van der Waals surface area contributed by atoms with Crippen LogP contribution in [0.1, 0.15) is 40.8 Å². The Morgan fingerprint density at radius 3 is 3.06 bits per heavy atom. The summed E-state index contributed by atoms with van der Waals surface area (Å²) in [4.78, 5) is 21.9. The Balaban J connectivity index is 2.23. The molecule has 0 spiro atoms. The molecule has 0 unspecified atom stereocenters. The molecule has 1 saturated heterocycles. The Bertz CT molecular complexity index is 450. The summed E-state index contributed by atoms with van der Waals surface area (Å²) in [6.07, 6.45) is 3.55. The first-order valence-corrected chi connectivity index (χ1v) is 6.11. The fraction of sp³-hybridized carbons (Fsp3) is 0.583. The Morgan fingerprint density at radius 2 is 2.44 bits per heavy atom. The predicted octanol–water partition coefficient (Wildman–Crippen LogP) is 0.0131. The number of primary amides is 1. The van der Waals surface area contributed by atoms with E-state index in [1.807, 2.05) is 0 Å². The van der Waals surface area contributed by atoms with Gasteiger partial charge in [0.1, 0.15) is 5.82 Å². The van der Waals surface area contributed by atoms with E-state index < -0.39 is 5.91 Å². The highest BCUT2D eigenvalue weighted by Gasteiger charge is 2.28. The number of aromatic nitrogens is 2. The molecule has 0 aliphatic carbocycles. The van der Waals surface area contributed by atoms with Crippen molar-refractivity contribution in [2.24, 2.45) is 5.73 Å². The van der Waals surface area contributed by atoms with E-state index in [4.69, 9.17) is 10.8 Å². The number of nitrogens with two attached hydrogens (primary N) is 1. The van der Waals surface area contributed by atoms with Crippen molar-refractivity contribution in [1.29, 1.82) is 0 Å². The summed E-state index contributed by atoms with van der Waals surface area (Å²) < 4.78 is 0. The van der Waals surface area contributed by atoms with Gasteiger partial charge in [-0.2, -0.15) is 0 Å². The van der Waals surface area contributed by atoms with E-state index in [0.717, 1.165) is 19.4 Å². The van der Waals surface area contributed by atoms with Gasteiger partial charge in [0.05, 0.1) is 23.9 Å². The predicted molar refractivity (Wildman–Crippen MR) is 65.9 cm³/mol. The van der Waals surface area contributed by atoms with Crippen molar-refractivity contribution in [3.63, 3.8) is 0 Å². The van der Waals surface area contributed by atoms with Gasteiger partial charge < -0.3 is 10.8 Å². The van der Waals surface area contributed by atoms with Crippen LogP contribution in [-0.2, 0) is 0 Å². The van der Waals surface area contributed by atoms with E-state index in [-0.39, 0.29) is 12.6 Å². The highest BCUT2D eigenvalue weighted by molar-refractivity contribution is 5.93. The number of likely N-dealkylation sites (tertiary alicyclic amines) is 1. The van der Waals surface area contributed by atoms with Crippen LogP contribution in [0.3, 0.4) is 0 Å². The fourth-order valence-electron chi connectivity index (χ4n) is 2.40. The van der Waals surface area contributed by atoms with Crippen molar-refractivity contribution in [2.45, 2.75) is 25.8 Å². The molecule has 3 N–H and O–H groups in total. The highest BCUT2D eigenvalue weighted by atomic mass is 16.3. The molecule has 0 radical (unpaired) electrons. The molecular weight excluding hydrogens is 232 g/mol. The molecular formula is C12H18N4O2. The average molecular weight is 250 g/mol. The number of carbonyl (C=O) groups excluding carboxylic acids is 1. The van der Waals surface area contributed by atoms with Crippen LogP contribution in [-0.4, -0.2) is 45.6 Å². The molecule has 1 atom stereocenters. The minimum atomic E-state index is -0.502. The molecule has 2 heterocycles. The van der Waals surface area contributed by atoms with E-state index in [1.165, 1.54) is 6.20 Å². The minimum absolute atomic E-state index is 0.134. The third-order valence-corrected chi connectivity index (χ3v) is 3.31. The Hall–Kier alpha value is -1.53. The van der Waals surface area contributed by atoms with Crippen LogP contribution >= 0.6 is 0 Å². The maximum absolute atomic E-state index is 11.1. The summed E-state index contributed by atoms with van der Waals surface area (Å²) in [5.74, 6) is 0.209. The van der Waals surface area contributed by atoms with Crippen LogP contribution < -0.4 is 5.73 Å². The number of aliphatic hydroxyl groups excluding tert-OH is 1. The lowest BCUT2D eigenvalue weighted by atomic mass is 10.1. The number of amides is 1. The molecule has 1 amide bonds. The van der Waals surface area contributed by atoms with Gasteiger partial charge in [-0.1, -0.05) is 0 Å². The molecule has 0 bridgehead atoms. The fourth-order valence-corrected chi connectivity index (χ4v) is 2.40. The Morgan fingerprint density at radius 1 is 1.67 bits per heavy atom. The Kier molecular flexibility index (Phi) is 3.88. The van der Waals surface area contributed by atoms with Gasteiger partial charge in [-0.3, -0.25) is 9.69 Å². The summed E-state index contributed by atoms with van der Waals surface area (Å²) in [5, 5.41) is 9.02. The lowest BCUT2D eigenvalue weighted by molar-refractivity contribution is 0.0998. The second-order valence-corrected chi connectivity index (χ2v) is 4.51. The summed E-state index contributed by atoms with van der Waals surface area (Å²) in [5.41, 5.74) is 6.21. The smallest absolute Gasteiger partial charge is 0.252 e. The molecule has 1 fully saturated rings. The minimum Gasteiger partial charge on any atom is -0.395 e. The van der Waals surface area contributed by atoms with Crippen molar-refractivity contribution >= 4 is 5.91 Å². The maximum atomic E-state index is 11.1. The first-order chi connectivity index (χ1) is 8.63. The second-order valence-electron chi connectivity index (χ2n) is 4.51. The molecule has 98 valence electrons. The van der Waals surface area contributed by atoms with Crippen LogP contribution in [0, 0.1) is 6.92 Å². The number of rotatable bonds is 4. The maximum Gasteiger partial charge on any atom is 0.252 e. The zero-order valence-electron chi connectivity index (χ0n) is 10.5. The molecule has 0 aromatic carbocycles. The summed E-state index contributed by atoms with van der Waals surface area (Å²) in [7, 11) is 0. The molecule has 1 aliphatic rings. The van der Waals surface area contributed by atoms with Crippen molar-refractivity contribution in [3.8, 4) is 0 Å². The second kappa shape index (κ2) is 5.41. The first-order valence-electron chi connectivity index (χ1n) is 6.11. The zero-order valence-corrected chi connectivity index (χ0v) is 10.5. The van der Waals surface area contributed by atoms with Gasteiger partial charge in [-0.15, -0.1) is 0 Å². The normalized spacial score (nSPS) is 20.2. The van der Waals surface area contributed by atoms with Crippen LogP contribution in [0.25, 0.3) is 0 Å². The number of aryl methyl sites for hydroxylation is 1. The van der Waals surface area contributed by atoms with Crippen molar-refractivity contribution in [3.05, 3.63) is 23.3 Å². The monoisotopic (exact) mass is 250 g/mol. The van der Waals surface area contributed by atoms with Crippen LogP contribution in [0.15, 0.2) is 6.20 Å². The van der Waals surface area contributed by atoms with E-state index in [9.17, 15) is 4.79 Å². The number of carbonyl (C=O) groups is 1. The molecule has 2 rings (SSSR count). The van der Waals surface area contributed by atoms with Gasteiger partial charge in [-0.25, -0.2) is 9.97 Å². The number of hydrogen-bond acceptors (Lipinski definition) is 5. The lowest BCUT2D eigenvalue weighted by Gasteiger charge is -2.22. The van der Waals surface area contributed by atoms with Gasteiger partial charge in [0, 0.05) is 12.7 Å². The topological polar surface area (TPSA) is 92.3 Å². The molecule has 1 aromatic rings. The molecule has 6 heteroatoms. The van der Waals surface area contributed by atoms with E-state index in [2.05, 4.69) is 14.9 Å². The van der Waals surface area contributed by atoms with Gasteiger partial charge >= 0.3 is 0 Å². The molecule has 1 aromatic heterocycles. The molecule has 18 heavy (non-hydrogen) atoms. The number of β-amino-alcohol motifs (C(OH)–C–C–N with tert-alkyl or cyclic N) is 1. The van der Waals surface area contributed by atoms with Gasteiger partial charge in [-0.05, 0) is 26.3 Å². The SMILES string of the molecule is Cc1nc([C@H]2CCCN2CCO)ncc1C(N)=O. The zero-order chi connectivity index (χ0) is 13.1. The quantitative estimate of drug-likeness (QED) is 0.785. The van der Waals surface area contributed by atoms with Crippen molar-refractivity contribution in [1.82, 2.24) is 14.9 Å². The largest absolute Gasteiger partial charge is 0.395 e. The van der Waals surface area contributed by atoms with Crippen LogP contribution in [0.5, 0.6) is 0 Å². The van der Waals surface area contributed by atoms with Crippen molar-refractivity contribution in [2.75, 3.05) is 19.7 Å². The first kappa shape index (κ1) is 12.9. The van der Waals surface area contributed by atoms with Gasteiger partial charge in [0.2, 0.25) is 0 Å². The number of nitrogens with zero attached hydrogens (tertiary/aromatic N) is 3. The van der Waals surface area contributed by atoms with Crippen molar-refractivity contribution < 1.29 is 9.90 Å². The van der Waals surface area contributed by atoms with Gasteiger partial charge in [0.15, 0.2) is 0 Å². The summed E-state index contributed by atoms with van der Waals surface area (Å²) >= 11 is 0. The lowest BCUT2D eigenvalue weighted by Crippen LogP contribution is -2.28. The highest BCUT2D eigenvalue weighted by Crippen LogP contribution is 2.29. The molecule has 6 nitrogen and oxygen atoms in total. The summed E-state index contributed by atoms with van der Waals surface area (Å²) in [6.45, 7) is 3.47. The van der Waals surface area contributed by atoms with Crippen LogP contribution in [0.2, 0.25) is 0 Å². The third kappa shape index (κ3) is 2.49. The number of aliphatic hydroxyl groups is 1. The standard InChI is InChI=1S/C12H18N4O2/c1-8-9(11(13)18)7-14-12(15-8)10-3-2-4-16(10)5-6-17/h7,10,17H,2-6H2,1H3,(H2,13,18)/t10-/m1/s1. The molecule has 1 aliphatic heterocycles. The van der Waals surface area contributed by atoms with E-state index in [1.54, 1.807) is 6.92 Å². The number of hydrogen-bond donors (Lipinski definition) is 2. The Labute approximate surface area is 106 Å². The third-order valence-electron chi connectivity index (χ3n) is 3.31. The summed E-state index contributed by atoms with van der Waals surface area (Å²) in [6, 6.07) is 0.137. The van der Waals surface area contributed by atoms with E-state index >= 15 is 0 Å². The van der Waals surface area contributed by atoms with Gasteiger partial charge in [0.25, 0.3) is 5.91 Å². The van der Waals surface area contributed by atoms with Crippen LogP contribution in [0.4, 0.5) is 0 Å².